The molecule has 1 aliphatic rings. The predicted molar refractivity (Wildman–Crippen MR) is 138 cm³/mol. The SMILES string of the molecule is O=C(c1ccc(O)cc1O)[C@@H]1[C@@H](C(=O)c2ccc(O)cc2O)[C@H](c2ccc(O)cc2)O[C@@H]1c1ccc(O)cc1. The van der Waals surface area contributed by atoms with Crippen molar-refractivity contribution in [2.45, 2.75) is 12.2 Å². The largest absolute Gasteiger partial charge is 0.508 e. The fourth-order valence-electron chi connectivity index (χ4n) is 5.02. The zero-order chi connectivity index (χ0) is 27.8. The number of phenolic OH excluding ortho intramolecular Hbond substituents is 6. The van der Waals surface area contributed by atoms with Crippen molar-refractivity contribution in [3.05, 3.63) is 107 Å². The number of Topliss-reactive ketones (excluding diaryl/α,β-unsaturated/α-hetero) is 2. The van der Waals surface area contributed by atoms with Crippen molar-refractivity contribution >= 4 is 11.6 Å². The second kappa shape index (κ2) is 10.0. The van der Waals surface area contributed by atoms with Gasteiger partial charge in [-0.25, -0.2) is 0 Å². The minimum atomic E-state index is -1.23. The van der Waals surface area contributed by atoms with Gasteiger partial charge in [0.25, 0.3) is 0 Å². The molecule has 0 unspecified atom stereocenters. The Bertz CT molecular complexity index is 1430. The summed E-state index contributed by atoms with van der Waals surface area (Å²) in [4.78, 5) is 28.2. The van der Waals surface area contributed by atoms with E-state index in [0.29, 0.717) is 11.1 Å². The van der Waals surface area contributed by atoms with Crippen molar-refractivity contribution in [3.63, 3.8) is 0 Å². The van der Waals surface area contributed by atoms with Gasteiger partial charge in [0.15, 0.2) is 11.6 Å². The van der Waals surface area contributed by atoms with Crippen molar-refractivity contribution in [2.24, 2.45) is 11.8 Å². The summed E-state index contributed by atoms with van der Waals surface area (Å²) in [5, 5.41) is 60.2. The van der Waals surface area contributed by atoms with Crippen LogP contribution >= 0.6 is 0 Å². The lowest BCUT2D eigenvalue weighted by Gasteiger charge is -2.23. The first-order valence-electron chi connectivity index (χ1n) is 12.0. The number of carbonyl (C=O) groups is 2. The smallest absolute Gasteiger partial charge is 0.173 e. The third kappa shape index (κ3) is 4.83. The van der Waals surface area contributed by atoms with Gasteiger partial charge in [0.2, 0.25) is 0 Å². The van der Waals surface area contributed by atoms with Crippen LogP contribution in [0.3, 0.4) is 0 Å². The minimum absolute atomic E-state index is 0.0208. The summed E-state index contributed by atoms with van der Waals surface area (Å²) in [5.41, 5.74) is 0.644. The molecule has 5 rings (SSSR count). The molecule has 0 aromatic heterocycles. The normalized spacial score (nSPS) is 20.5. The Morgan fingerprint density at radius 1 is 0.487 bits per heavy atom. The zero-order valence-electron chi connectivity index (χ0n) is 20.3. The van der Waals surface area contributed by atoms with Crippen LogP contribution in [-0.2, 0) is 4.74 Å². The van der Waals surface area contributed by atoms with Crippen LogP contribution in [0.15, 0.2) is 84.9 Å². The maximum Gasteiger partial charge on any atom is 0.173 e. The molecular formula is C30H24O9. The van der Waals surface area contributed by atoms with Gasteiger partial charge in [0.05, 0.1) is 35.2 Å². The Morgan fingerprint density at radius 2 is 0.821 bits per heavy atom. The monoisotopic (exact) mass is 528 g/mol. The second-order valence-electron chi connectivity index (χ2n) is 9.34. The molecule has 0 spiro atoms. The van der Waals surface area contributed by atoms with Crippen molar-refractivity contribution in [1.29, 1.82) is 0 Å². The van der Waals surface area contributed by atoms with E-state index < -0.39 is 47.1 Å². The van der Waals surface area contributed by atoms with Gasteiger partial charge in [0.1, 0.15) is 34.5 Å². The van der Waals surface area contributed by atoms with Crippen LogP contribution in [0, 0.1) is 11.8 Å². The van der Waals surface area contributed by atoms with Gasteiger partial charge in [-0.15, -0.1) is 0 Å². The number of hydrogen-bond donors (Lipinski definition) is 6. The standard InChI is InChI=1S/C30H24O9/c31-17-5-1-15(2-6-17)29-25(27(37)21-11-9-19(33)13-23(21)35)26(28(38)22-12-10-20(34)14-24(22)36)30(39-29)16-3-7-18(32)8-4-16/h1-14,25-26,29-36H/t25-,26-,29-,30+/m0/s1. The lowest BCUT2D eigenvalue weighted by molar-refractivity contribution is 0.0266. The molecule has 9 heteroatoms. The van der Waals surface area contributed by atoms with Crippen molar-refractivity contribution in [1.82, 2.24) is 0 Å². The molecule has 0 bridgehead atoms. The van der Waals surface area contributed by atoms with E-state index in [-0.39, 0.29) is 34.1 Å². The maximum atomic E-state index is 14.1. The van der Waals surface area contributed by atoms with Crippen molar-refractivity contribution < 1.29 is 45.0 Å². The Hall–Kier alpha value is -5.02. The van der Waals surface area contributed by atoms with Gasteiger partial charge in [-0.3, -0.25) is 9.59 Å². The van der Waals surface area contributed by atoms with E-state index in [2.05, 4.69) is 0 Å². The molecule has 4 aromatic carbocycles. The molecule has 0 radical (unpaired) electrons. The molecule has 4 atom stereocenters. The first kappa shape index (κ1) is 25.6. The van der Waals surface area contributed by atoms with Gasteiger partial charge in [-0.1, -0.05) is 24.3 Å². The summed E-state index contributed by atoms with van der Waals surface area (Å²) in [5.74, 6) is -5.30. The van der Waals surface area contributed by atoms with E-state index in [1.807, 2.05) is 0 Å². The predicted octanol–water partition coefficient (Wildman–Crippen LogP) is 4.73. The number of hydrogen-bond acceptors (Lipinski definition) is 9. The van der Waals surface area contributed by atoms with Gasteiger partial charge in [-0.2, -0.15) is 0 Å². The fraction of sp³-hybridized carbons (Fsp3) is 0.133. The van der Waals surface area contributed by atoms with Gasteiger partial charge in [-0.05, 0) is 59.7 Å². The number of benzene rings is 4. The van der Waals surface area contributed by atoms with Crippen LogP contribution < -0.4 is 0 Å². The average Bonchev–Trinajstić information content (AvgIpc) is 3.29. The Labute approximate surface area is 222 Å². The molecular weight excluding hydrogens is 504 g/mol. The third-order valence-electron chi connectivity index (χ3n) is 6.87. The molecule has 1 aliphatic heterocycles. The number of ketones is 2. The van der Waals surface area contributed by atoms with Crippen LogP contribution in [0.25, 0.3) is 0 Å². The topological polar surface area (TPSA) is 165 Å². The summed E-state index contributed by atoms with van der Waals surface area (Å²) in [7, 11) is 0. The fourth-order valence-corrected chi connectivity index (χ4v) is 5.02. The minimum Gasteiger partial charge on any atom is -0.508 e. The molecule has 39 heavy (non-hydrogen) atoms. The maximum absolute atomic E-state index is 14.1. The van der Waals surface area contributed by atoms with Crippen molar-refractivity contribution in [3.8, 4) is 34.5 Å². The molecule has 0 amide bonds. The van der Waals surface area contributed by atoms with E-state index in [4.69, 9.17) is 4.74 Å². The number of phenols is 6. The Balaban J connectivity index is 1.71. The molecule has 1 saturated heterocycles. The first-order chi connectivity index (χ1) is 18.6. The van der Waals surface area contributed by atoms with Crippen molar-refractivity contribution in [2.75, 3.05) is 0 Å². The van der Waals surface area contributed by atoms with Gasteiger partial charge < -0.3 is 35.4 Å². The molecule has 6 N–H and O–H groups in total. The highest BCUT2D eigenvalue weighted by Gasteiger charge is 2.53. The third-order valence-corrected chi connectivity index (χ3v) is 6.87. The number of rotatable bonds is 6. The quantitative estimate of drug-likeness (QED) is 0.194. The summed E-state index contributed by atoms with van der Waals surface area (Å²) in [6.45, 7) is 0. The zero-order valence-corrected chi connectivity index (χ0v) is 20.3. The van der Waals surface area contributed by atoms with Crippen LogP contribution in [0.4, 0.5) is 0 Å². The van der Waals surface area contributed by atoms with E-state index in [0.717, 1.165) is 12.1 Å². The first-order valence-corrected chi connectivity index (χ1v) is 12.0. The van der Waals surface area contributed by atoms with Gasteiger partial charge >= 0.3 is 0 Å². The van der Waals surface area contributed by atoms with Crippen LogP contribution in [0.1, 0.15) is 44.1 Å². The van der Waals surface area contributed by atoms with Crippen LogP contribution in [0.2, 0.25) is 0 Å². The highest BCUT2D eigenvalue weighted by Crippen LogP contribution is 2.53. The lowest BCUT2D eigenvalue weighted by Crippen LogP contribution is -2.31. The van der Waals surface area contributed by atoms with E-state index in [1.165, 1.54) is 48.5 Å². The second-order valence-corrected chi connectivity index (χ2v) is 9.34. The van der Waals surface area contributed by atoms with Crippen LogP contribution in [-0.4, -0.2) is 42.2 Å². The molecule has 0 saturated carbocycles. The lowest BCUT2D eigenvalue weighted by atomic mass is 9.74. The summed E-state index contributed by atoms with van der Waals surface area (Å²) < 4.78 is 6.38. The molecule has 0 aliphatic carbocycles. The summed E-state index contributed by atoms with van der Waals surface area (Å²) >= 11 is 0. The Kier molecular flexibility index (Phi) is 6.59. The van der Waals surface area contributed by atoms with Gasteiger partial charge in [0, 0.05) is 12.1 Å². The van der Waals surface area contributed by atoms with E-state index in [9.17, 15) is 40.2 Å². The summed E-state index contributed by atoms with van der Waals surface area (Å²) in [6, 6.07) is 18.8. The number of aromatic hydroxyl groups is 6. The van der Waals surface area contributed by atoms with E-state index in [1.54, 1.807) is 24.3 Å². The molecule has 198 valence electrons. The average molecular weight is 529 g/mol. The highest BCUT2D eigenvalue weighted by atomic mass is 16.5. The van der Waals surface area contributed by atoms with Crippen LogP contribution in [0.5, 0.6) is 34.5 Å². The summed E-state index contributed by atoms with van der Waals surface area (Å²) in [6.07, 6.45) is -2.06. The Morgan fingerprint density at radius 3 is 1.15 bits per heavy atom. The van der Waals surface area contributed by atoms with E-state index >= 15 is 0 Å². The number of ether oxygens (including phenoxy) is 1. The molecule has 1 heterocycles. The highest BCUT2D eigenvalue weighted by molar-refractivity contribution is 6.08. The molecule has 9 nitrogen and oxygen atoms in total. The molecule has 1 fully saturated rings. The number of carbonyl (C=O) groups excluding carboxylic acids is 2. The molecule has 4 aromatic rings.